The van der Waals surface area contributed by atoms with Gasteiger partial charge in [0.05, 0.1) is 6.54 Å². The lowest BCUT2D eigenvalue weighted by Gasteiger charge is -2.14. The van der Waals surface area contributed by atoms with Crippen LogP contribution in [0.4, 0.5) is 5.69 Å². The van der Waals surface area contributed by atoms with Gasteiger partial charge in [0.2, 0.25) is 0 Å². The van der Waals surface area contributed by atoms with E-state index in [1.165, 1.54) is 12.3 Å². The van der Waals surface area contributed by atoms with E-state index in [4.69, 9.17) is 28.9 Å². The SMILES string of the molecule is CC.Cl.Nc1ccnc(C(=O)N(O)Cc2ccccc2)c1.SCc1cc(Cl)cc(Cl)c1. The summed E-state index contributed by atoms with van der Waals surface area (Å²) in [5, 5.41) is 11.7. The van der Waals surface area contributed by atoms with Crippen molar-refractivity contribution in [3.05, 3.63) is 93.7 Å². The van der Waals surface area contributed by atoms with Gasteiger partial charge in [-0.05, 0) is 41.5 Å². The summed E-state index contributed by atoms with van der Waals surface area (Å²) in [5.41, 5.74) is 7.98. The fourth-order valence-corrected chi connectivity index (χ4v) is 2.98. The number of hydroxylamine groups is 2. The van der Waals surface area contributed by atoms with Crippen LogP contribution >= 0.6 is 48.2 Å². The molecule has 0 unspecified atom stereocenters. The first kappa shape index (κ1) is 29.0. The molecule has 3 aromatic rings. The van der Waals surface area contributed by atoms with E-state index in [-0.39, 0.29) is 24.6 Å². The molecule has 0 aliphatic rings. The van der Waals surface area contributed by atoms with Gasteiger partial charge in [-0.15, -0.1) is 12.4 Å². The summed E-state index contributed by atoms with van der Waals surface area (Å²) in [6, 6.07) is 17.6. The van der Waals surface area contributed by atoms with Crippen molar-refractivity contribution in [2.75, 3.05) is 5.73 Å². The first-order valence-corrected chi connectivity index (χ1v) is 10.6. The molecule has 0 radical (unpaired) electrons. The normalized spacial score (nSPS) is 9.23. The number of benzene rings is 2. The van der Waals surface area contributed by atoms with Crippen LogP contribution in [-0.2, 0) is 12.3 Å². The lowest BCUT2D eigenvalue weighted by atomic mass is 10.2. The molecule has 0 saturated carbocycles. The highest BCUT2D eigenvalue weighted by Crippen LogP contribution is 2.19. The highest BCUT2D eigenvalue weighted by Gasteiger charge is 2.15. The monoisotopic (exact) mass is 501 g/mol. The summed E-state index contributed by atoms with van der Waals surface area (Å²) in [6.07, 6.45) is 1.43. The van der Waals surface area contributed by atoms with Gasteiger partial charge < -0.3 is 5.73 Å². The largest absolute Gasteiger partial charge is 0.399 e. The van der Waals surface area contributed by atoms with Crippen LogP contribution in [0.2, 0.25) is 10.0 Å². The van der Waals surface area contributed by atoms with E-state index in [1.807, 2.05) is 56.3 Å². The standard InChI is InChI=1S/C13H13N3O2.C7H6Cl2S.C2H6.ClH/c14-11-6-7-15-12(8-11)13(17)16(18)9-10-4-2-1-3-5-10;8-6-1-5(4-10)2-7(9)3-6;1-2;/h1-8,18H,9H2,(H2,14,15);1-3,10H,4H2;1-2H3;1H. The zero-order chi connectivity index (χ0) is 22.5. The zero-order valence-electron chi connectivity index (χ0n) is 17.2. The average Bonchev–Trinajstić information content (AvgIpc) is 2.75. The summed E-state index contributed by atoms with van der Waals surface area (Å²) < 4.78 is 0. The molecule has 0 atom stereocenters. The molecule has 0 fully saturated rings. The Kier molecular flexibility index (Phi) is 14.8. The third kappa shape index (κ3) is 10.8. The molecule has 1 heterocycles. The number of hydrogen-bond donors (Lipinski definition) is 3. The summed E-state index contributed by atoms with van der Waals surface area (Å²) >= 11 is 15.5. The number of amides is 1. The van der Waals surface area contributed by atoms with Gasteiger partial charge in [-0.25, -0.2) is 5.06 Å². The number of nitrogens with zero attached hydrogens (tertiary/aromatic N) is 2. The second kappa shape index (κ2) is 15.8. The molecule has 5 nitrogen and oxygen atoms in total. The minimum Gasteiger partial charge on any atom is -0.399 e. The number of rotatable bonds is 4. The number of nitrogens with two attached hydrogens (primary N) is 1. The van der Waals surface area contributed by atoms with E-state index in [0.717, 1.165) is 11.1 Å². The number of pyridine rings is 1. The van der Waals surface area contributed by atoms with E-state index in [0.29, 0.717) is 26.5 Å². The molecule has 1 aromatic heterocycles. The molecule has 31 heavy (non-hydrogen) atoms. The fourth-order valence-electron chi connectivity index (χ4n) is 2.23. The number of carbonyl (C=O) groups is 1. The van der Waals surface area contributed by atoms with Crippen LogP contribution in [0.1, 0.15) is 35.5 Å². The zero-order valence-corrected chi connectivity index (χ0v) is 20.4. The summed E-state index contributed by atoms with van der Waals surface area (Å²) in [6.45, 7) is 4.11. The first-order valence-electron chi connectivity index (χ1n) is 9.21. The highest BCUT2D eigenvalue weighted by atomic mass is 35.5. The van der Waals surface area contributed by atoms with E-state index < -0.39 is 5.91 Å². The Morgan fingerprint density at radius 3 is 2.13 bits per heavy atom. The van der Waals surface area contributed by atoms with Crippen LogP contribution in [0.25, 0.3) is 0 Å². The Hall–Kier alpha value is -1.96. The van der Waals surface area contributed by atoms with Crippen molar-refractivity contribution in [1.82, 2.24) is 10.0 Å². The summed E-state index contributed by atoms with van der Waals surface area (Å²) in [5.74, 6) is 0.0893. The Bertz CT molecular complexity index is 911. The van der Waals surface area contributed by atoms with Crippen molar-refractivity contribution < 1.29 is 10.0 Å². The van der Waals surface area contributed by atoms with Crippen molar-refractivity contribution in [3.8, 4) is 0 Å². The second-order valence-electron chi connectivity index (χ2n) is 5.76. The molecule has 0 saturated heterocycles. The van der Waals surface area contributed by atoms with Crippen LogP contribution in [0.5, 0.6) is 0 Å². The maximum atomic E-state index is 11.9. The molecule has 3 rings (SSSR count). The third-order valence-electron chi connectivity index (χ3n) is 3.52. The number of anilines is 1. The minimum atomic E-state index is -0.578. The van der Waals surface area contributed by atoms with E-state index in [9.17, 15) is 10.0 Å². The number of nitrogen functional groups attached to an aromatic ring is 1. The van der Waals surface area contributed by atoms with Gasteiger partial charge in [0.1, 0.15) is 5.69 Å². The van der Waals surface area contributed by atoms with Gasteiger partial charge in [-0.3, -0.25) is 15.0 Å². The molecule has 2 aromatic carbocycles. The maximum Gasteiger partial charge on any atom is 0.296 e. The molecular weight excluding hydrogens is 477 g/mol. The van der Waals surface area contributed by atoms with Crippen molar-refractivity contribution in [1.29, 1.82) is 0 Å². The van der Waals surface area contributed by atoms with Gasteiger partial charge in [-0.2, -0.15) is 12.6 Å². The third-order valence-corrected chi connectivity index (χ3v) is 4.32. The Balaban J connectivity index is 0.000000592. The van der Waals surface area contributed by atoms with Crippen molar-refractivity contribution in [2.24, 2.45) is 0 Å². The molecule has 1 amide bonds. The number of aromatic nitrogens is 1. The van der Waals surface area contributed by atoms with Gasteiger partial charge in [0.15, 0.2) is 0 Å². The molecular formula is C22H26Cl3N3O2S. The number of thiol groups is 1. The lowest BCUT2D eigenvalue weighted by molar-refractivity contribution is -0.0652. The van der Waals surface area contributed by atoms with Gasteiger partial charge in [-0.1, -0.05) is 67.4 Å². The molecule has 3 N–H and O–H groups in total. The fraction of sp³-hybridized carbons (Fsp3) is 0.182. The van der Waals surface area contributed by atoms with Crippen LogP contribution in [0.3, 0.4) is 0 Å². The average molecular weight is 503 g/mol. The van der Waals surface area contributed by atoms with E-state index in [2.05, 4.69) is 17.6 Å². The van der Waals surface area contributed by atoms with Gasteiger partial charge in [0.25, 0.3) is 5.91 Å². The van der Waals surface area contributed by atoms with Crippen LogP contribution in [0.15, 0.2) is 66.9 Å². The van der Waals surface area contributed by atoms with Crippen molar-refractivity contribution >= 4 is 59.8 Å². The van der Waals surface area contributed by atoms with Crippen molar-refractivity contribution in [2.45, 2.75) is 26.1 Å². The van der Waals surface area contributed by atoms with E-state index in [1.54, 1.807) is 12.1 Å². The van der Waals surface area contributed by atoms with E-state index >= 15 is 0 Å². The van der Waals surface area contributed by atoms with Crippen LogP contribution in [-0.4, -0.2) is 21.2 Å². The highest BCUT2D eigenvalue weighted by molar-refractivity contribution is 7.79. The predicted octanol–water partition coefficient (Wildman–Crippen LogP) is 6.57. The molecule has 0 spiro atoms. The molecule has 168 valence electrons. The second-order valence-corrected chi connectivity index (χ2v) is 6.95. The van der Waals surface area contributed by atoms with Crippen LogP contribution < -0.4 is 5.73 Å². The predicted molar refractivity (Wildman–Crippen MR) is 134 cm³/mol. The quantitative estimate of drug-likeness (QED) is 0.214. The maximum absolute atomic E-state index is 11.9. The first-order chi connectivity index (χ1) is 14.4. The number of halogens is 3. The topological polar surface area (TPSA) is 79.5 Å². The summed E-state index contributed by atoms with van der Waals surface area (Å²) in [7, 11) is 0. The van der Waals surface area contributed by atoms with Crippen LogP contribution in [0, 0.1) is 0 Å². The number of carbonyl (C=O) groups excluding carboxylic acids is 1. The van der Waals surface area contributed by atoms with Gasteiger partial charge in [0, 0.05) is 27.7 Å². The molecule has 0 bridgehead atoms. The molecule has 9 heteroatoms. The molecule has 0 aliphatic heterocycles. The van der Waals surface area contributed by atoms with Gasteiger partial charge >= 0.3 is 0 Å². The lowest BCUT2D eigenvalue weighted by Crippen LogP contribution is -2.27. The smallest absolute Gasteiger partial charge is 0.296 e. The Morgan fingerprint density at radius 1 is 1.03 bits per heavy atom. The Labute approximate surface area is 205 Å². The Morgan fingerprint density at radius 2 is 1.61 bits per heavy atom. The number of hydrogen-bond acceptors (Lipinski definition) is 5. The van der Waals surface area contributed by atoms with Crippen molar-refractivity contribution in [3.63, 3.8) is 0 Å². The minimum absolute atomic E-state index is 0. The summed E-state index contributed by atoms with van der Waals surface area (Å²) in [4.78, 5) is 15.7. The molecule has 0 aliphatic carbocycles.